The maximum absolute atomic E-state index is 12.6. The highest BCUT2D eigenvalue weighted by Gasteiger charge is 2.25. The molecule has 0 N–H and O–H groups in total. The smallest absolute Gasteiger partial charge is 0.237 e. The summed E-state index contributed by atoms with van der Waals surface area (Å²) in [6, 6.07) is 9.27. The summed E-state index contributed by atoms with van der Waals surface area (Å²) in [5.41, 5.74) is 0.308. The van der Waals surface area contributed by atoms with Gasteiger partial charge in [0.2, 0.25) is 11.6 Å². The maximum Gasteiger partial charge on any atom is 0.237 e. The highest BCUT2D eigenvalue weighted by Crippen LogP contribution is 2.29. The Kier molecular flexibility index (Phi) is 5.42. The lowest BCUT2D eigenvalue weighted by atomic mass is 9.99. The van der Waals surface area contributed by atoms with Crippen molar-refractivity contribution in [2.45, 2.75) is 0 Å². The van der Waals surface area contributed by atoms with E-state index in [-0.39, 0.29) is 22.6 Å². The molecule has 0 aliphatic rings. The van der Waals surface area contributed by atoms with Crippen LogP contribution < -0.4 is 18.9 Å². The molecule has 2 aromatic rings. The minimum absolute atomic E-state index is 0.154. The zero-order chi connectivity index (χ0) is 17.7. The van der Waals surface area contributed by atoms with E-state index >= 15 is 0 Å². The molecule has 0 saturated carbocycles. The fourth-order valence-electron chi connectivity index (χ4n) is 2.22. The Morgan fingerprint density at radius 2 is 1.00 bits per heavy atom. The number of methoxy groups -OCH3 is 4. The van der Waals surface area contributed by atoms with Crippen molar-refractivity contribution in [1.29, 1.82) is 0 Å². The van der Waals surface area contributed by atoms with Crippen molar-refractivity contribution < 1.29 is 28.5 Å². The van der Waals surface area contributed by atoms with Gasteiger partial charge in [0.25, 0.3) is 0 Å². The molecule has 0 unspecified atom stereocenters. The van der Waals surface area contributed by atoms with Crippen LogP contribution >= 0.6 is 0 Å². The van der Waals surface area contributed by atoms with Gasteiger partial charge in [-0.1, -0.05) is 0 Å². The molecule has 0 aliphatic carbocycles. The first-order valence-electron chi connectivity index (χ1n) is 7.08. The average Bonchev–Trinajstić information content (AvgIpc) is 2.65. The number of ketones is 2. The van der Waals surface area contributed by atoms with E-state index in [9.17, 15) is 9.59 Å². The Balaban J connectivity index is 2.42. The van der Waals surface area contributed by atoms with Gasteiger partial charge in [-0.3, -0.25) is 9.59 Å². The van der Waals surface area contributed by atoms with E-state index < -0.39 is 11.6 Å². The summed E-state index contributed by atoms with van der Waals surface area (Å²) >= 11 is 0. The summed E-state index contributed by atoms with van der Waals surface area (Å²) < 4.78 is 20.5. The number of carbonyl (C=O) groups is 2. The van der Waals surface area contributed by atoms with E-state index in [1.165, 1.54) is 40.6 Å². The molecule has 24 heavy (non-hydrogen) atoms. The van der Waals surface area contributed by atoms with Crippen molar-refractivity contribution in [3.8, 4) is 23.0 Å². The number of Topliss-reactive ketones (excluding diaryl/α,β-unsaturated/α-hetero) is 2. The van der Waals surface area contributed by atoms with Crippen LogP contribution in [0.1, 0.15) is 20.7 Å². The first kappa shape index (κ1) is 17.3. The lowest BCUT2D eigenvalue weighted by Gasteiger charge is -2.11. The first-order valence-corrected chi connectivity index (χ1v) is 7.08. The molecular formula is C18H18O6. The van der Waals surface area contributed by atoms with Gasteiger partial charge in [0.15, 0.2) is 0 Å². The highest BCUT2D eigenvalue weighted by atomic mass is 16.5. The Hall–Kier alpha value is -3.02. The molecule has 0 aliphatic heterocycles. The molecule has 2 aromatic carbocycles. The van der Waals surface area contributed by atoms with E-state index in [2.05, 4.69) is 0 Å². The fourth-order valence-corrected chi connectivity index (χ4v) is 2.22. The molecule has 6 heteroatoms. The van der Waals surface area contributed by atoms with Crippen molar-refractivity contribution in [1.82, 2.24) is 0 Å². The second-order valence-electron chi connectivity index (χ2n) is 4.79. The summed E-state index contributed by atoms with van der Waals surface area (Å²) in [7, 11) is 5.85. The molecule has 2 rings (SSSR count). The number of rotatable bonds is 7. The minimum Gasteiger partial charge on any atom is -0.497 e. The summed E-state index contributed by atoms with van der Waals surface area (Å²) in [6.07, 6.45) is 0. The Morgan fingerprint density at radius 3 is 1.29 bits per heavy atom. The quantitative estimate of drug-likeness (QED) is 0.574. The van der Waals surface area contributed by atoms with Gasteiger partial charge in [0.1, 0.15) is 23.0 Å². The molecule has 0 bridgehead atoms. The number of ether oxygens (including phenoxy) is 4. The maximum atomic E-state index is 12.6. The third kappa shape index (κ3) is 3.32. The van der Waals surface area contributed by atoms with Crippen LogP contribution in [0.2, 0.25) is 0 Å². The third-order valence-corrected chi connectivity index (χ3v) is 3.51. The zero-order valence-corrected chi connectivity index (χ0v) is 13.9. The van der Waals surface area contributed by atoms with Crippen LogP contribution in [0.25, 0.3) is 0 Å². The average molecular weight is 330 g/mol. The Bertz CT molecular complexity index is 701. The molecule has 0 saturated heterocycles. The summed E-state index contributed by atoms with van der Waals surface area (Å²) in [4.78, 5) is 25.2. The number of carbonyl (C=O) groups excluding carboxylic acids is 2. The van der Waals surface area contributed by atoms with Crippen molar-refractivity contribution in [3.05, 3.63) is 47.5 Å². The number of hydrogen-bond acceptors (Lipinski definition) is 6. The van der Waals surface area contributed by atoms with Crippen LogP contribution in [-0.4, -0.2) is 40.0 Å². The second kappa shape index (κ2) is 7.50. The molecule has 0 spiro atoms. The number of benzene rings is 2. The second-order valence-corrected chi connectivity index (χ2v) is 4.79. The van der Waals surface area contributed by atoms with Crippen molar-refractivity contribution in [3.63, 3.8) is 0 Å². The lowest BCUT2D eigenvalue weighted by molar-refractivity contribution is 0.0813. The van der Waals surface area contributed by atoms with E-state index in [0.717, 1.165) is 0 Å². The van der Waals surface area contributed by atoms with Crippen molar-refractivity contribution >= 4 is 11.6 Å². The van der Waals surface area contributed by atoms with Crippen LogP contribution in [0.5, 0.6) is 23.0 Å². The molecule has 0 fully saturated rings. The predicted octanol–water partition coefficient (Wildman–Crippen LogP) is 2.79. The van der Waals surface area contributed by atoms with Crippen LogP contribution in [0, 0.1) is 0 Å². The van der Waals surface area contributed by atoms with E-state index in [0.29, 0.717) is 11.5 Å². The van der Waals surface area contributed by atoms with Gasteiger partial charge >= 0.3 is 0 Å². The van der Waals surface area contributed by atoms with Gasteiger partial charge in [-0.05, 0) is 24.3 Å². The number of hydrogen-bond donors (Lipinski definition) is 0. The summed E-state index contributed by atoms with van der Waals surface area (Å²) in [5, 5.41) is 0. The van der Waals surface area contributed by atoms with E-state index in [1.807, 2.05) is 0 Å². The molecule has 0 radical (unpaired) electrons. The normalized spacial score (nSPS) is 10.0. The summed E-state index contributed by atoms with van der Waals surface area (Å²) in [5.74, 6) is 0.187. The van der Waals surface area contributed by atoms with Gasteiger partial charge < -0.3 is 18.9 Å². The highest BCUT2D eigenvalue weighted by molar-refractivity contribution is 6.50. The molecule has 0 atom stereocenters. The van der Waals surface area contributed by atoms with Gasteiger partial charge in [0, 0.05) is 12.1 Å². The van der Waals surface area contributed by atoms with Gasteiger partial charge in [-0.15, -0.1) is 0 Å². The zero-order valence-electron chi connectivity index (χ0n) is 13.9. The Morgan fingerprint density at radius 1 is 0.625 bits per heavy atom. The van der Waals surface area contributed by atoms with Crippen LogP contribution in [0.3, 0.4) is 0 Å². The van der Waals surface area contributed by atoms with Gasteiger partial charge in [0.05, 0.1) is 39.6 Å². The largest absolute Gasteiger partial charge is 0.497 e. The van der Waals surface area contributed by atoms with E-state index in [1.54, 1.807) is 24.3 Å². The van der Waals surface area contributed by atoms with Crippen LogP contribution in [0.15, 0.2) is 36.4 Å². The van der Waals surface area contributed by atoms with Gasteiger partial charge in [-0.2, -0.15) is 0 Å². The predicted molar refractivity (Wildman–Crippen MR) is 87.8 cm³/mol. The molecule has 126 valence electrons. The third-order valence-electron chi connectivity index (χ3n) is 3.51. The molecule has 0 amide bonds. The minimum atomic E-state index is -0.696. The monoisotopic (exact) mass is 330 g/mol. The molecular weight excluding hydrogens is 312 g/mol. The van der Waals surface area contributed by atoms with Crippen molar-refractivity contribution in [2.75, 3.05) is 28.4 Å². The van der Waals surface area contributed by atoms with Crippen LogP contribution in [-0.2, 0) is 0 Å². The fraction of sp³-hybridized carbons (Fsp3) is 0.222. The topological polar surface area (TPSA) is 71.1 Å². The van der Waals surface area contributed by atoms with Gasteiger partial charge in [-0.25, -0.2) is 0 Å². The molecule has 0 heterocycles. The van der Waals surface area contributed by atoms with Crippen molar-refractivity contribution in [2.24, 2.45) is 0 Å². The SMILES string of the molecule is COc1ccc(C(=O)C(=O)c2ccc(OC)cc2OC)c(OC)c1. The molecule has 6 nitrogen and oxygen atoms in total. The standard InChI is InChI=1S/C18H18O6/c1-21-11-5-7-13(15(9-11)23-3)17(19)18(20)14-8-6-12(22-2)10-16(14)24-4/h5-10H,1-4H3. The summed E-state index contributed by atoms with van der Waals surface area (Å²) in [6.45, 7) is 0. The first-order chi connectivity index (χ1) is 11.5. The van der Waals surface area contributed by atoms with E-state index in [4.69, 9.17) is 18.9 Å². The lowest BCUT2D eigenvalue weighted by Crippen LogP contribution is -2.16. The Labute approximate surface area is 139 Å². The molecule has 0 aromatic heterocycles. The van der Waals surface area contributed by atoms with Crippen LogP contribution in [0.4, 0.5) is 0 Å².